The number of imidazole rings is 1. The Morgan fingerprint density at radius 3 is 2.47 bits per heavy atom. The number of aryl methyl sites for hydroxylation is 2. The minimum atomic E-state index is -0.365. The molecule has 0 unspecified atom stereocenters. The number of rotatable bonds is 5. The fourth-order valence-corrected chi connectivity index (χ4v) is 4.25. The first-order valence-corrected chi connectivity index (χ1v) is 10.9. The number of nitrogens with zero attached hydrogens (tertiary/aromatic N) is 5. The van der Waals surface area contributed by atoms with E-state index in [1.54, 1.807) is 7.05 Å². The van der Waals surface area contributed by atoms with Crippen molar-refractivity contribution in [1.29, 1.82) is 0 Å². The van der Waals surface area contributed by atoms with Crippen molar-refractivity contribution in [2.75, 3.05) is 11.4 Å². The van der Waals surface area contributed by atoms with Gasteiger partial charge in [-0.05, 0) is 29.7 Å². The van der Waals surface area contributed by atoms with E-state index in [9.17, 15) is 9.59 Å². The van der Waals surface area contributed by atoms with Crippen LogP contribution in [0.2, 0.25) is 0 Å². The van der Waals surface area contributed by atoms with Crippen molar-refractivity contribution in [3.8, 4) is 0 Å². The third kappa shape index (κ3) is 3.26. The molecule has 0 aliphatic carbocycles. The van der Waals surface area contributed by atoms with Crippen LogP contribution in [0.5, 0.6) is 0 Å². The molecule has 32 heavy (non-hydrogen) atoms. The number of anilines is 2. The first-order valence-electron chi connectivity index (χ1n) is 10.9. The molecule has 0 N–H and O–H groups in total. The van der Waals surface area contributed by atoms with E-state index in [4.69, 9.17) is 4.98 Å². The fourth-order valence-electron chi connectivity index (χ4n) is 4.25. The smallest absolute Gasteiger partial charge is 0.310 e. The first kappa shape index (κ1) is 20.1. The Morgan fingerprint density at radius 1 is 1.00 bits per heavy atom. The molecule has 0 bridgehead atoms. The topological polar surface area (TPSA) is 65.1 Å². The predicted molar refractivity (Wildman–Crippen MR) is 128 cm³/mol. The molecule has 7 heteroatoms. The van der Waals surface area contributed by atoms with Gasteiger partial charge in [0, 0.05) is 32.4 Å². The Balaban J connectivity index is 1.56. The summed E-state index contributed by atoms with van der Waals surface area (Å²) in [6.07, 6.45) is 4.74. The molecule has 0 saturated carbocycles. The van der Waals surface area contributed by atoms with Gasteiger partial charge in [0.2, 0.25) is 5.95 Å². The number of allylic oxidation sites excluding steroid dienone is 1. The zero-order valence-corrected chi connectivity index (χ0v) is 18.2. The molecule has 1 aliphatic heterocycles. The van der Waals surface area contributed by atoms with Crippen molar-refractivity contribution in [3.63, 3.8) is 0 Å². The van der Waals surface area contributed by atoms with Crippen LogP contribution in [0.4, 0.5) is 11.6 Å². The lowest BCUT2D eigenvalue weighted by Gasteiger charge is -2.16. The molecule has 7 nitrogen and oxygen atoms in total. The molecule has 2 aromatic carbocycles. The van der Waals surface area contributed by atoms with Gasteiger partial charge >= 0.3 is 5.69 Å². The summed E-state index contributed by atoms with van der Waals surface area (Å²) < 4.78 is 4.68. The van der Waals surface area contributed by atoms with Gasteiger partial charge in [-0.1, -0.05) is 61.5 Å². The molecule has 162 valence electrons. The van der Waals surface area contributed by atoms with E-state index >= 15 is 0 Å². The largest absolute Gasteiger partial charge is 0.332 e. The number of benzene rings is 2. The van der Waals surface area contributed by atoms with E-state index in [-0.39, 0.29) is 17.8 Å². The second kappa shape index (κ2) is 8.00. The molecule has 0 amide bonds. The summed E-state index contributed by atoms with van der Waals surface area (Å²) in [6, 6.07) is 18.2. The minimum absolute atomic E-state index is 0.207. The SMILES string of the molecule is CCc1ccc(N2CCn3c2nc2c3c(=O)n(C/C=C\c3ccccc3)c(=O)n2C)cc1. The van der Waals surface area contributed by atoms with Crippen LogP contribution in [0.1, 0.15) is 18.1 Å². The van der Waals surface area contributed by atoms with E-state index in [1.165, 1.54) is 14.7 Å². The third-order valence-corrected chi connectivity index (χ3v) is 6.06. The average molecular weight is 428 g/mol. The van der Waals surface area contributed by atoms with E-state index in [1.807, 2.05) is 47.1 Å². The number of aromatic nitrogens is 4. The van der Waals surface area contributed by atoms with Gasteiger partial charge in [-0.2, -0.15) is 4.98 Å². The molecule has 0 spiro atoms. The molecule has 0 saturated heterocycles. The summed E-state index contributed by atoms with van der Waals surface area (Å²) in [7, 11) is 1.67. The standard InChI is InChI=1S/C25H25N5O2/c1-3-18-11-13-20(14-12-18)28-16-17-29-21-22(26-24(28)29)27(2)25(32)30(23(21)31)15-7-10-19-8-5-4-6-9-19/h4-14H,3,15-17H2,1-2H3/b10-7-. The van der Waals surface area contributed by atoms with Gasteiger partial charge < -0.3 is 9.47 Å². The van der Waals surface area contributed by atoms with Crippen molar-refractivity contribution in [3.05, 3.63) is 92.6 Å². The summed E-state index contributed by atoms with van der Waals surface area (Å²) in [5.74, 6) is 0.703. The van der Waals surface area contributed by atoms with Crippen LogP contribution in [0.3, 0.4) is 0 Å². The van der Waals surface area contributed by atoms with Crippen molar-refractivity contribution >= 4 is 28.9 Å². The summed E-state index contributed by atoms with van der Waals surface area (Å²) >= 11 is 0. The second-order valence-corrected chi connectivity index (χ2v) is 7.98. The molecule has 0 radical (unpaired) electrons. The van der Waals surface area contributed by atoms with Gasteiger partial charge in [-0.15, -0.1) is 0 Å². The highest BCUT2D eigenvalue weighted by atomic mass is 16.2. The van der Waals surface area contributed by atoms with Crippen LogP contribution >= 0.6 is 0 Å². The molecule has 5 rings (SSSR count). The van der Waals surface area contributed by atoms with Gasteiger partial charge in [-0.3, -0.25) is 13.9 Å². The lowest BCUT2D eigenvalue weighted by molar-refractivity contribution is 0.663. The molecule has 3 heterocycles. The highest BCUT2D eigenvalue weighted by molar-refractivity contribution is 5.77. The fraction of sp³-hybridized carbons (Fsp3) is 0.240. The Labute approximate surface area is 185 Å². The van der Waals surface area contributed by atoms with E-state index < -0.39 is 0 Å². The van der Waals surface area contributed by atoms with Crippen molar-refractivity contribution in [2.45, 2.75) is 26.4 Å². The molecule has 1 aliphatic rings. The van der Waals surface area contributed by atoms with Crippen LogP contribution in [0.25, 0.3) is 17.2 Å². The summed E-state index contributed by atoms with van der Waals surface area (Å²) in [5, 5.41) is 0. The number of hydrogen-bond donors (Lipinski definition) is 0. The van der Waals surface area contributed by atoms with Gasteiger partial charge in [0.1, 0.15) is 0 Å². The zero-order valence-electron chi connectivity index (χ0n) is 18.2. The van der Waals surface area contributed by atoms with Gasteiger partial charge in [0.15, 0.2) is 11.2 Å². The summed E-state index contributed by atoms with van der Waals surface area (Å²) in [6.45, 7) is 3.72. The van der Waals surface area contributed by atoms with E-state index in [2.05, 4.69) is 36.1 Å². The maximum Gasteiger partial charge on any atom is 0.332 e. The minimum Gasteiger partial charge on any atom is -0.310 e. The highest BCUT2D eigenvalue weighted by Gasteiger charge is 2.28. The molecule has 0 fully saturated rings. The van der Waals surface area contributed by atoms with Crippen molar-refractivity contribution in [1.82, 2.24) is 18.7 Å². The van der Waals surface area contributed by atoms with Crippen LogP contribution in [-0.4, -0.2) is 25.2 Å². The number of fused-ring (bicyclic) bond motifs is 3. The monoisotopic (exact) mass is 427 g/mol. The lowest BCUT2D eigenvalue weighted by atomic mass is 10.1. The van der Waals surface area contributed by atoms with E-state index in [0.717, 1.165) is 24.2 Å². The predicted octanol–water partition coefficient (Wildman–Crippen LogP) is 3.32. The maximum absolute atomic E-state index is 13.3. The molecular formula is C25H25N5O2. The van der Waals surface area contributed by atoms with Crippen molar-refractivity contribution in [2.24, 2.45) is 7.05 Å². The average Bonchev–Trinajstić information content (AvgIpc) is 3.40. The molecule has 0 atom stereocenters. The van der Waals surface area contributed by atoms with Gasteiger partial charge in [0.05, 0.1) is 0 Å². The lowest BCUT2D eigenvalue weighted by Crippen LogP contribution is -2.39. The Morgan fingerprint density at radius 2 is 1.75 bits per heavy atom. The Kier molecular flexibility index (Phi) is 5.01. The molecule has 4 aromatic rings. The van der Waals surface area contributed by atoms with Crippen LogP contribution in [0.15, 0.2) is 70.3 Å². The second-order valence-electron chi connectivity index (χ2n) is 7.98. The third-order valence-electron chi connectivity index (χ3n) is 6.06. The van der Waals surface area contributed by atoms with E-state index in [0.29, 0.717) is 23.7 Å². The summed E-state index contributed by atoms with van der Waals surface area (Å²) in [5.41, 5.74) is 3.56. The maximum atomic E-state index is 13.3. The molecule has 2 aromatic heterocycles. The van der Waals surface area contributed by atoms with Gasteiger partial charge in [-0.25, -0.2) is 4.79 Å². The van der Waals surface area contributed by atoms with Crippen LogP contribution in [0, 0.1) is 0 Å². The van der Waals surface area contributed by atoms with Crippen LogP contribution in [-0.2, 0) is 26.6 Å². The van der Waals surface area contributed by atoms with Crippen molar-refractivity contribution < 1.29 is 0 Å². The van der Waals surface area contributed by atoms with Gasteiger partial charge in [0.25, 0.3) is 5.56 Å². The quantitative estimate of drug-likeness (QED) is 0.490. The summed E-state index contributed by atoms with van der Waals surface area (Å²) in [4.78, 5) is 33.1. The molecular weight excluding hydrogens is 402 g/mol. The normalized spacial score (nSPS) is 13.4. The zero-order chi connectivity index (χ0) is 22.2. The highest BCUT2D eigenvalue weighted by Crippen LogP contribution is 2.31. The Hall–Kier alpha value is -3.87. The van der Waals surface area contributed by atoms with Crippen LogP contribution < -0.4 is 16.1 Å². The number of hydrogen-bond acceptors (Lipinski definition) is 4. The first-order chi connectivity index (χ1) is 15.6. The Bertz CT molecular complexity index is 1430.